The predicted molar refractivity (Wildman–Crippen MR) is 83.2 cm³/mol. The van der Waals surface area contributed by atoms with Crippen molar-refractivity contribution < 1.29 is 22.3 Å². The molecule has 3 rings (SSSR count). The van der Waals surface area contributed by atoms with Gasteiger partial charge in [0.25, 0.3) is 0 Å². The Bertz CT molecular complexity index is 849. The van der Waals surface area contributed by atoms with Crippen LogP contribution in [0, 0.1) is 5.82 Å². The Balaban J connectivity index is 1.74. The van der Waals surface area contributed by atoms with Crippen LogP contribution in [-0.2, 0) is 12.8 Å². The normalized spacial score (nSPS) is 11.4. The molecule has 0 atom stereocenters. The van der Waals surface area contributed by atoms with Gasteiger partial charge in [0.05, 0.1) is 23.7 Å². The molecule has 3 aromatic rings. The number of hydrogen-bond acceptors (Lipinski definition) is 3. The lowest BCUT2D eigenvalue weighted by atomic mass is 10.1. The van der Waals surface area contributed by atoms with Crippen LogP contribution >= 0.6 is 0 Å². The Hall–Kier alpha value is -2.96. The third-order valence-electron chi connectivity index (χ3n) is 3.43. The SMILES string of the molecule is Fc1cc(C(F)(F)F)ccc1-c1cnc(OCc2ccccc2)cn1. The summed E-state index contributed by atoms with van der Waals surface area (Å²) in [5.74, 6) is -0.776. The fraction of sp³-hybridized carbons (Fsp3) is 0.111. The number of hydrogen-bond donors (Lipinski definition) is 0. The number of alkyl halides is 3. The van der Waals surface area contributed by atoms with Crippen LogP contribution in [0.2, 0.25) is 0 Å². The van der Waals surface area contributed by atoms with Crippen molar-refractivity contribution >= 4 is 0 Å². The Labute approximate surface area is 140 Å². The average molecular weight is 348 g/mol. The molecule has 1 aromatic heterocycles. The van der Waals surface area contributed by atoms with Crippen LogP contribution in [-0.4, -0.2) is 9.97 Å². The molecule has 0 radical (unpaired) electrons. The number of nitrogens with zero attached hydrogens (tertiary/aromatic N) is 2. The van der Waals surface area contributed by atoms with E-state index in [0.717, 1.165) is 17.7 Å². The molecule has 0 unspecified atom stereocenters. The van der Waals surface area contributed by atoms with Crippen molar-refractivity contribution in [2.24, 2.45) is 0 Å². The van der Waals surface area contributed by atoms with Crippen molar-refractivity contribution in [1.29, 1.82) is 0 Å². The van der Waals surface area contributed by atoms with Gasteiger partial charge in [-0.25, -0.2) is 14.4 Å². The minimum atomic E-state index is -4.60. The summed E-state index contributed by atoms with van der Waals surface area (Å²) >= 11 is 0. The van der Waals surface area contributed by atoms with E-state index < -0.39 is 17.6 Å². The first-order valence-electron chi connectivity index (χ1n) is 7.29. The monoisotopic (exact) mass is 348 g/mol. The topological polar surface area (TPSA) is 35.0 Å². The second kappa shape index (κ2) is 6.88. The van der Waals surface area contributed by atoms with E-state index in [0.29, 0.717) is 12.7 Å². The van der Waals surface area contributed by atoms with Crippen molar-refractivity contribution in [2.75, 3.05) is 0 Å². The summed E-state index contributed by atoms with van der Waals surface area (Å²) in [7, 11) is 0. The molecule has 7 heteroatoms. The maximum atomic E-state index is 13.9. The molecule has 0 aliphatic rings. The second-order valence-electron chi connectivity index (χ2n) is 5.21. The maximum absolute atomic E-state index is 13.9. The van der Waals surface area contributed by atoms with Crippen molar-refractivity contribution in [3.05, 3.63) is 77.9 Å². The van der Waals surface area contributed by atoms with E-state index in [2.05, 4.69) is 9.97 Å². The Morgan fingerprint density at radius 3 is 2.28 bits per heavy atom. The van der Waals surface area contributed by atoms with E-state index in [-0.39, 0.29) is 17.1 Å². The number of ether oxygens (including phenoxy) is 1. The molecule has 0 amide bonds. The van der Waals surface area contributed by atoms with E-state index in [1.54, 1.807) is 0 Å². The van der Waals surface area contributed by atoms with E-state index in [4.69, 9.17) is 4.74 Å². The lowest BCUT2D eigenvalue weighted by Gasteiger charge is -2.09. The van der Waals surface area contributed by atoms with Crippen LogP contribution in [0.15, 0.2) is 60.9 Å². The lowest BCUT2D eigenvalue weighted by molar-refractivity contribution is -0.137. The summed E-state index contributed by atoms with van der Waals surface area (Å²) in [5, 5.41) is 0. The van der Waals surface area contributed by atoms with Crippen LogP contribution in [0.5, 0.6) is 5.88 Å². The largest absolute Gasteiger partial charge is 0.472 e. The molecule has 0 N–H and O–H groups in total. The van der Waals surface area contributed by atoms with Gasteiger partial charge in [0, 0.05) is 5.56 Å². The molecule has 0 bridgehead atoms. The Kier molecular flexibility index (Phi) is 4.65. The molecule has 25 heavy (non-hydrogen) atoms. The highest BCUT2D eigenvalue weighted by Gasteiger charge is 2.31. The van der Waals surface area contributed by atoms with Crippen LogP contribution in [0.25, 0.3) is 11.3 Å². The summed E-state index contributed by atoms with van der Waals surface area (Å²) in [6, 6.07) is 11.7. The number of rotatable bonds is 4. The van der Waals surface area contributed by atoms with Gasteiger partial charge in [0.15, 0.2) is 0 Å². The van der Waals surface area contributed by atoms with E-state index in [1.165, 1.54) is 12.4 Å². The van der Waals surface area contributed by atoms with E-state index >= 15 is 0 Å². The number of aromatic nitrogens is 2. The third-order valence-corrected chi connectivity index (χ3v) is 3.43. The molecule has 0 saturated carbocycles. The highest BCUT2D eigenvalue weighted by Crippen LogP contribution is 2.32. The molecule has 3 nitrogen and oxygen atoms in total. The third kappa shape index (κ3) is 4.12. The zero-order chi connectivity index (χ0) is 17.9. The van der Waals surface area contributed by atoms with Gasteiger partial charge in [0.2, 0.25) is 5.88 Å². The molecular weight excluding hydrogens is 336 g/mol. The van der Waals surface area contributed by atoms with Gasteiger partial charge in [-0.1, -0.05) is 30.3 Å². The van der Waals surface area contributed by atoms with E-state index in [1.807, 2.05) is 30.3 Å². The first kappa shape index (κ1) is 16.9. The van der Waals surface area contributed by atoms with E-state index in [9.17, 15) is 17.6 Å². The Morgan fingerprint density at radius 2 is 1.68 bits per heavy atom. The zero-order valence-electron chi connectivity index (χ0n) is 12.8. The van der Waals surface area contributed by atoms with Crippen LogP contribution in [0.3, 0.4) is 0 Å². The first-order chi connectivity index (χ1) is 11.9. The molecule has 0 aliphatic heterocycles. The van der Waals surface area contributed by atoms with Crippen LogP contribution in [0.4, 0.5) is 17.6 Å². The molecule has 1 heterocycles. The molecule has 128 valence electrons. The quantitative estimate of drug-likeness (QED) is 0.630. The molecule has 2 aromatic carbocycles. The molecular formula is C18H12F4N2O. The molecule has 0 saturated heterocycles. The highest BCUT2D eigenvalue weighted by molar-refractivity contribution is 5.59. The second-order valence-corrected chi connectivity index (χ2v) is 5.21. The molecule has 0 fully saturated rings. The summed E-state index contributed by atoms with van der Waals surface area (Å²) < 4.78 is 57.1. The molecule has 0 spiro atoms. The summed E-state index contributed by atoms with van der Waals surface area (Å²) in [4.78, 5) is 8.01. The smallest absolute Gasteiger partial charge is 0.416 e. The summed E-state index contributed by atoms with van der Waals surface area (Å²) in [6.07, 6.45) is -2.04. The summed E-state index contributed by atoms with van der Waals surface area (Å²) in [6.45, 7) is 0.295. The minimum absolute atomic E-state index is 0.0601. The summed E-state index contributed by atoms with van der Waals surface area (Å²) in [5.41, 5.74) is -0.0416. The van der Waals surface area contributed by atoms with Gasteiger partial charge < -0.3 is 4.74 Å². The fourth-order valence-electron chi connectivity index (χ4n) is 2.16. The van der Waals surface area contributed by atoms with Gasteiger partial charge in [-0.05, 0) is 23.8 Å². The van der Waals surface area contributed by atoms with Gasteiger partial charge >= 0.3 is 6.18 Å². The standard InChI is InChI=1S/C18H12F4N2O/c19-15-8-13(18(20,21)22)6-7-14(15)16-9-24-17(10-23-16)25-11-12-4-2-1-3-5-12/h1-10H,11H2. The van der Waals surface area contributed by atoms with Crippen LogP contribution < -0.4 is 4.74 Å². The number of benzene rings is 2. The fourth-order valence-corrected chi connectivity index (χ4v) is 2.16. The van der Waals surface area contributed by atoms with Crippen LogP contribution in [0.1, 0.15) is 11.1 Å². The van der Waals surface area contributed by atoms with Gasteiger partial charge in [0.1, 0.15) is 12.4 Å². The average Bonchev–Trinajstić information content (AvgIpc) is 2.60. The minimum Gasteiger partial charge on any atom is -0.472 e. The van der Waals surface area contributed by atoms with Crippen molar-refractivity contribution in [3.63, 3.8) is 0 Å². The zero-order valence-corrected chi connectivity index (χ0v) is 12.8. The first-order valence-corrected chi connectivity index (χ1v) is 7.29. The van der Waals surface area contributed by atoms with Gasteiger partial charge in [-0.15, -0.1) is 0 Å². The number of halogens is 4. The highest BCUT2D eigenvalue weighted by atomic mass is 19.4. The van der Waals surface area contributed by atoms with Crippen molar-refractivity contribution in [1.82, 2.24) is 9.97 Å². The van der Waals surface area contributed by atoms with Crippen molar-refractivity contribution in [3.8, 4) is 17.1 Å². The predicted octanol–water partition coefficient (Wildman–Crippen LogP) is 4.88. The van der Waals surface area contributed by atoms with Gasteiger partial charge in [-0.3, -0.25) is 0 Å². The lowest BCUT2D eigenvalue weighted by Crippen LogP contribution is -2.05. The van der Waals surface area contributed by atoms with Gasteiger partial charge in [-0.2, -0.15) is 13.2 Å². The maximum Gasteiger partial charge on any atom is 0.416 e. The van der Waals surface area contributed by atoms with Crippen molar-refractivity contribution in [2.45, 2.75) is 12.8 Å². The molecule has 0 aliphatic carbocycles. The Morgan fingerprint density at radius 1 is 0.920 bits per heavy atom.